The molecule has 1 aliphatic heterocycles. The Labute approximate surface area is 112 Å². The third-order valence-corrected chi connectivity index (χ3v) is 4.04. The van der Waals surface area contributed by atoms with Crippen LogP contribution in [-0.2, 0) is 4.74 Å². The largest absolute Gasteiger partial charge is 0.380 e. The minimum Gasteiger partial charge on any atom is -0.380 e. The molecule has 0 aliphatic carbocycles. The van der Waals surface area contributed by atoms with Crippen LogP contribution >= 0.6 is 0 Å². The van der Waals surface area contributed by atoms with Gasteiger partial charge in [-0.25, -0.2) is 4.98 Å². The molecule has 0 spiro atoms. The summed E-state index contributed by atoms with van der Waals surface area (Å²) in [6.45, 7) is 2.09. The van der Waals surface area contributed by atoms with Crippen molar-refractivity contribution in [2.24, 2.45) is 11.1 Å². The van der Waals surface area contributed by atoms with Gasteiger partial charge in [-0.15, -0.1) is 0 Å². The van der Waals surface area contributed by atoms with Crippen LogP contribution in [0.25, 0.3) is 11.0 Å². The maximum atomic E-state index is 6.01. The molecule has 1 unspecified atom stereocenters. The molecule has 2 aromatic rings. The summed E-state index contributed by atoms with van der Waals surface area (Å²) >= 11 is 0. The van der Waals surface area contributed by atoms with Crippen LogP contribution in [0.5, 0.6) is 0 Å². The second-order valence-corrected chi connectivity index (χ2v) is 5.60. The SMILES string of the molecule is CN(C)C(c1ccc2nc[nH]c2c1)C1(CN)COC1. The van der Waals surface area contributed by atoms with E-state index in [4.69, 9.17) is 10.5 Å². The Hall–Kier alpha value is -1.43. The number of nitrogens with two attached hydrogens (primary N) is 1. The molecule has 2 heterocycles. The molecule has 1 aromatic carbocycles. The number of aromatic amines is 1. The van der Waals surface area contributed by atoms with Gasteiger partial charge < -0.3 is 20.4 Å². The molecule has 0 bridgehead atoms. The molecular formula is C14H20N4O. The topological polar surface area (TPSA) is 67.2 Å². The molecule has 0 saturated carbocycles. The third-order valence-electron chi connectivity index (χ3n) is 4.04. The van der Waals surface area contributed by atoms with E-state index < -0.39 is 0 Å². The normalized spacial score (nSPS) is 19.6. The van der Waals surface area contributed by atoms with Crippen molar-refractivity contribution >= 4 is 11.0 Å². The van der Waals surface area contributed by atoms with Crippen LogP contribution in [-0.4, -0.2) is 48.7 Å². The van der Waals surface area contributed by atoms with Gasteiger partial charge in [-0.05, 0) is 31.8 Å². The lowest BCUT2D eigenvalue weighted by Crippen LogP contribution is -2.55. The summed E-state index contributed by atoms with van der Waals surface area (Å²) in [6, 6.07) is 6.63. The number of nitrogens with zero attached hydrogens (tertiary/aromatic N) is 2. The van der Waals surface area contributed by atoms with Gasteiger partial charge in [-0.2, -0.15) is 0 Å². The molecule has 1 saturated heterocycles. The van der Waals surface area contributed by atoms with E-state index in [1.165, 1.54) is 5.56 Å². The number of hydrogen-bond donors (Lipinski definition) is 2. The highest BCUT2D eigenvalue weighted by atomic mass is 16.5. The molecule has 1 aliphatic rings. The fourth-order valence-corrected chi connectivity index (χ4v) is 3.07. The van der Waals surface area contributed by atoms with Crippen molar-refractivity contribution < 1.29 is 4.74 Å². The first kappa shape index (κ1) is 12.6. The van der Waals surface area contributed by atoms with Gasteiger partial charge in [0.1, 0.15) is 0 Å². The number of imidazole rings is 1. The van der Waals surface area contributed by atoms with Crippen LogP contribution in [0.4, 0.5) is 0 Å². The number of ether oxygens (including phenoxy) is 1. The minimum atomic E-state index is 0.0250. The van der Waals surface area contributed by atoms with E-state index in [9.17, 15) is 0 Å². The number of nitrogens with one attached hydrogen (secondary N) is 1. The average molecular weight is 260 g/mol. The van der Waals surface area contributed by atoms with E-state index in [0.717, 1.165) is 24.2 Å². The maximum absolute atomic E-state index is 6.01. The van der Waals surface area contributed by atoms with Crippen molar-refractivity contribution in [2.45, 2.75) is 6.04 Å². The summed E-state index contributed by atoms with van der Waals surface area (Å²) < 4.78 is 5.43. The Morgan fingerprint density at radius 3 is 2.84 bits per heavy atom. The number of rotatable bonds is 4. The fourth-order valence-electron chi connectivity index (χ4n) is 3.07. The van der Waals surface area contributed by atoms with Crippen LogP contribution in [0.1, 0.15) is 11.6 Å². The van der Waals surface area contributed by atoms with E-state index in [0.29, 0.717) is 6.54 Å². The number of hydrogen-bond acceptors (Lipinski definition) is 4. The highest BCUT2D eigenvalue weighted by Crippen LogP contribution is 2.43. The summed E-state index contributed by atoms with van der Waals surface area (Å²) in [7, 11) is 4.19. The predicted molar refractivity (Wildman–Crippen MR) is 74.8 cm³/mol. The lowest BCUT2D eigenvalue weighted by Gasteiger charge is -2.49. The van der Waals surface area contributed by atoms with Crippen molar-refractivity contribution in [2.75, 3.05) is 33.9 Å². The molecule has 5 heteroatoms. The van der Waals surface area contributed by atoms with Crippen LogP contribution < -0.4 is 5.73 Å². The molecule has 5 nitrogen and oxygen atoms in total. The molecule has 1 aromatic heterocycles. The van der Waals surface area contributed by atoms with Gasteiger partial charge in [0.05, 0.1) is 30.6 Å². The van der Waals surface area contributed by atoms with Crippen molar-refractivity contribution in [3.05, 3.63) is 30.1 Å². The number of H-pyrrole nitrogens is 1. The summed E-state index contributed by atoms with van der Waals surface area (Å²) in [5.74, 6) is 0. The molecule has 3 rings (SSSR count). The van der Waals surface area contributed by atoms with Crippen molar-refractivity contribution in [1.82, 2.24) is 14.9 Å². The van der Waals surface area contributed by atoms with Gasteiger partial charge in [-0.3, -0.25) is 0 Å². The minimum absolute atomic E-state index is 0.0250. The number of fused-ring (bicyclic) bond motifs is 1. The zero-order valence-corrected chi connectivity index (χ0v) is 11.4. The van der Waals surface area contributed by atoms with Gasteiger partial charge in [0, 0.05) is 18.0 Å². The molecule has 19 heavy (non-hydrogen) atoms. The van der Waals surface area contributed by atoms with E-state index in [-0.39, 0.29) is 11.5 Å². The molecule has 0 amide bonds. The summed E-state index contributed by atoms with van der Waals surface area (Å²) in [5, 5.41) is 0. The van der Waals surface area contributed by atoms with Gasteiger partial charge in [0.15, 0.2) is 0 Å². The summed E-state index contributed by atoms with van der Waals surface area (Å²) in [5.41, 5.74) is 9.36. The second kappa shape index (κ2) is 4.59. The summed E-state index contributed by atoms with van der Waals surface area (Å²) in [4.78, 5) is 9.66. The van der Waals surface area contributed by atoms with Gasteiger partial charge in [-0.1, -0.05) is 6.07 Å². The van der Waals surface area contributed by atoms with Gasteiger partial charge in [0.2, 0.25) is 0 Å². The Morgan fingerprint density at radius 2 is 2.26 bits per heavy atom. The quantitative estimate of drug-likeness (QED) is 0.865. The lowest BCUT2D eigenvalue weighted by molar-refractivity contribution is -0.145. The Kier molecular flexibility index (Phi) is 3.05. The maximum Gasteiger partial charge on any atom is 0.0931 e. The fraction of sp³-hybridized carbons (Fsp3) is 0.500. The molecule has 1 atom stereocenters. The number of benzene rings is 1. The van der Waals surface area contributed by atoms with Crippen LogP contribution in [0, 0.1) is 5.41 Å². The first-order chi connectivity index (χ1) is 9.16. The Morgan fingerprint density at radius 1 is 1.47 bits per heavy atom. The zero-order valence-electron chi connectivity index (χ0n) is 11.4. The molecule has 3 N–H and O–H groups in total. The van der Waals surface area contributed by atoms with Crippen LogP contribution in [0.2, 0.25) is 0 Å². The number of aromatic nitrogens is 2. The average Bonchev–Trinajstić information content (AvgIpc) is 2.80. The second-order valence-electron chi connectivity index (χ2n) is 5.60. The first-order valence-corrected chi connectivity index (χ1v) is 6.53. The van der Waals surface area contributed by atoms with Crippen LogP contribution in [0.3, 0.4) is 0 Å². The summed E-state index contributed by atoms with van der Waals surface area (Å²) in [6.07, 6.45) is 1.73. The highest BCUT2D eigenvalue weighted by molar-refractivity contribution is 5.75. The van der Waals surface area contributed by atoms with E-state index >= 15 is 0 Å². The smallest absolute Gasteiger partial charge is 0.0931 e. The van der Waals surface area contributed by atoms with Crippen LogP contribution in [0.15, 0.2) is 24.5 Å². The lowest BCUT2D eigenvalue weighted by atomic mass is 9.74. The van der Waals surface area contributed by atoms with E-state index in [1.807, 2.05) is 0 Å². The van der Waals surface area contributed by atoms with Crippen molar-refractivity contribution in [3.63, 3.8) is 0 Å². The van der Waals surface area contributed by atoms with Crippen molar-refractivity contribution in [1.29, 1.82) is 0 Å². The van der Waals surface area contributed by atoms with Crippen molar-refractivity contribution in [3.8, 4) is 0 Å². The van der Waals surface area contributed by atoms with E-state index in [2.05, 4.69) is 47.2 Å². The monoisotopic (exact) mass is 260 g/mol. The zero-order chi connectivity index (χ0) is 13.5. The standard InChI is InChI=1S/C14H20N4O/c1-18(2)13(14(6-15)7-19-8-14)10-3-4-11-12(5-10)17-9-16-11/h3-5,9,13H,6-8,15H2,1-2H3,(H,16,17). The van der Waals surface area contributed by atoms with E-state index in [1.54, 1.807) is 6.33 Å². The molecular weight excluding hydrogens is 240 g/mol. The van der Waals surface area contributed by atoms with Gasteiger partial charge >= 0.3 is 0 Å². The molecule has 0 radical (unpaired) electrons. The first-order valence-electron chi connectivity index (χ1n) is 6.53. The molecule has 1 fully saturated rings. The third kappa shape index (κ3) is 1.94. The Balaban J connectivity index is 2.03. The predicted octanol–water partition coefficient (Wildman–Crippen LogP) is 1.14. The molecule has 102 valence electrons. The Bertz CT molecular complexity index is 568. The van der Waals surface area contributed by atoms with Gasteiger partial charge in [0.25, 0.3) is 0 Å². The highest BCUT2D eigenvalue weighted by Gasteiger charge is 2.46.